The Morgan fingerprint density at radius 2 is 2.06 bits per heavy atom. The van der Waals surface area contributed by atoms with E-state index in [0.717, 1.165) is 0 Å². The van der Waals surface area contributed by atoms with Crippen LogP contribution in [0.15, 0.2) is 12.1 Å². The topological polar surface area (TPSA) is 55.8 Å². The van der Waals surface area contributed by atoms with Gasteiger partial charge in [-0.2, -0.15) is 0 Å². The van der Waals surface area contributed by atoms with E-state index in [9.17, 15) is 4.79 Å². The van der Waals surface area contributed by atoms with Crippen LogP contribution in [0.3, 0.4) is 0 Å². The van der Waals surface area contributed by atoms with Gasteiger partial charge >= 0.3 is 5.97 Å². The van der Waals surface area contributed by atoms with Crippen LogP contribution < -0.4 is 9.47 Å². The van der Waals surface area contributed by atoms with Crippen molar-refractivity contribution in [1.82, 2.24) is 0 Å². The van der Waals surface area contributed by atoms with Gasteiger partial charge in [0.05, 0.1) is 18.2 Å². The number of carbonyl (C=O) groups is 1. The van der Waals surface area contributed by atoms with Gasteiger partial charge in [-0.3, -0.25) is 0 Å². The minimum Gasteiger partial charge on any atom is -0.493 e. The van der Waals surface area contributed by atoms with E-state index >= 15 is 0 Å². The zero-order valence-corrected chi connectivity index (χ0v) is 10.0. The molecular formula is C11H13ClO4. The summed E-state index contributed by atoms with van der Waals surface area (Å²) in [7, 11) is 1.45. The van der Waals surface area contributed by atoms with Crippen LogP contribution in [0.4, 0.5) is 0 Å². The first-order valence-electron chi connectivity index (χ1n) is 4.73. The minimum atomic E-state index is -1.14. The molecule has 5 heteroatoms. The van der Waals surface area contributed by atoms with E-state index in [1.165, 1.54) is 13.2 Å². The zero-order chi connectivity index (χ0) is 12.3. The molecule has 4 nitrogen and oxygen atoms in total. The highest BCUT2D eigenvalue weighted by Crippen LogP contribution is 2.36. The fourth-order valence-electron chi connectivity index (χ4n) is 1.25. The molecule has 1 N–H and O–H groups in total. The second-order valence-electron chi connectivity index (χ2n) is 3.43. The molecule has 0 aliphatic heterocycles. The van der Waals surface area contributed by atoms with Gasteiger partial charge in [0.1, 0.15) is 5.56 Å². The normalized spacial score (nSPS) is 10.3. The summed E-state index contributed by atoms with van der Waals surface area (Å²) in [5.41, 5.74) is -0.0743. The monoisotopic (exact) mass is 244 g/mol. The summed E-state index contributed by atoms with van der Waals surface area (Å²) in [4.78, 5) is 11.1. The van der Waals surface area contributed by atoms with E-state index in [1.54, 1.807) is 19.9 Å². The SMILES string of the molecule is COc1ccc(Cl)c(C(=O)O)c1OC(C)C. The van der Waals surface area contributed by atoms with Crippen molar-refractivity contribution in [3.8, 4) is 11.5 Å². The van der Waals surface area contributed by atoms with Crippen LogP contribution in [-0.4, -0.2) is 24.3 Å². The van der Waals surface area contributed by atoms with Crippen molar-refractivity contribution in [3.05, 3.63) is 22.7 Å². The average molecular weight is 245 g/mol. The minimum absolute atomic E-state index is 0.0743. The molecule has 0 atom stereocenters. The van der Waals surface area contributed by atoms with Crippen molar-refractivity contribution >= 4 is 17.6 Å². The lowest BCUT2D eigenvalue weighted by atomic mass is 10.2. The van der Waals surface area contributed by atoms with Crippen molar-refractivity contribution in [2.45, 2.75) is 20.0 Å². The molecule has 1 rings (SSSR count). The maximum Gasteiger partial charge on any atom is 0.341 e. The molecule has 88 valence electrons. The van der Waals surface area contributed by atoms with E-state index in [-0.39, 0.29) is 22.4 Å². The van der Waals surface area contributed by atoms with Gasteiger partial charge in [-0.1, -0.05) is 11.6 Å². The van der Waals surface area contributed by atoms with Crippen molar-refractivity contribution in [3.63, 3.8) is 0 Å². The maximum atomic E-state index is 11.1. The second-order valence-corrected chi connectivity index (χ2v) is 3.83. The molecule has 0 saturated carbocycles. The molecule has 0 amide bonds. The molecule has 0 aliphatic carbocycles. The van der Waals surface area contributed by atoms with Crippen molar-refractivity contribution in [2.75, 3.05) is 7.11 Å². The molecule has 0 unspecified atom stereocenters. The van der Waals surface area contributed by atoms with Gasteiger partial charge in [0.25, 0.3) is 0 Å². The number of carboxylic acids is 1. The summed E-state index contributed by atoms with van der Waals surface area (Å²) in [6, 6.07) is 3.05. The number of rotatable bonds is 4. The maximum absolute atomic E-state index is 11.1. The molecule has 0 bridgehead atoms. The number of ether oxygens (including phenoxy) is 2. The van der Waals surface area contributed by atoms with Crippen LogP contribution in [0, 0.1) is 0 Å². The van der Waals surface area contributed by atoms with Crippen LogP contribution in [0.5, 0.6) is 11.5 Å². The third-order valence-electron chi connectivity index (χ3n) is 1.86. The van der Waals surface area contributed by atoms with Gasteiger partial charge in [0.2, 0.25) is 0 Å². The van der Waals surface area contributed by atoms with E-state index in [0.29, 0.717) is 5.75 Å². The highest BCUT2D eigenvalue weighted by Gasteiger charge is 2.21. The molecule has 0 heterocycles. The van der Waals surface area contributed by atoms with Crippen molar-refractivity contribution < 1.29 is 19.4 Å². The number of halogens is 1. The number of aromatic carboxylic acids is 1. The van der Waals surface area contributed by atoms with E-state index in [2.05, 4.69) is 0 Å². The quantitative estimate of drug-likeness (QED) is 0.885. The fraction of sp³-hybridized carbons (Fsp3) is 0.364. The fourth-order valence-corrected chi connectivity index (χ4v) is 1.48. The average Bonchev–Trinajstić information content (AvgIpc) is 2.16. The summed E-state index contributed by atoms with van der Waals surface area (Å²) in [6.45, 7) is 3.60. The van der Waals surface area contributed by atoms with Gasteiger partial charge in [-0.25, -0.2) is 4.79 Å². The van der Waals surface area contributed by atoms with Crippen LogP contribution in [0.25, 0.3) is 0 Å². The molecule has 0 saturated heterocycles. The van der Waals surface area contributed by atoms with Crippen molar-refractivity contribution in [2.24, 2.45) is 0 Å². The first kappa shape index (κ1) is 12.6. The van der Waals surface area contributed by atoms with Crippen LogP contribution >= 0.6 is 11.6 Å². The Balaban J connectivity index is 3.36. The number of benzene rings is 1. The van der Waals surface area contributed by atoms with Crippen LogP contribution in [-0.2, 0) is 0 Å². The number of hydrogen-bond donors (Lipinski definition) is 1. The zero-order valence-electron chi connectivity index (χ0n) is 9.28. The van der Waals surface area contributed by atoms with Crippen molar-refractivity contribution in [1.29, 1.82) is 0 Å². The van der Waals surface area contributed by atoms with Gasteiger partial charge in [-0.15, -0.1) is 0 Å². The number of carboxylic acid groups (broad SMARTS) is 1. The van der Waals surface area contributed by atoms with E-state index in [4.69, 9.17) is 26.2 Å². The molecule has 0 radical (unpaired) electrons. The van der Waals surface area contributed by atoms with E-state index < -0.39 is 5.97 Å². The Morgan fingerprint density at radius 3 is 2.50 bits per heavy atom. The molecule has 0 fully saturated rings. The smallest absolute Gasteiger partial charge is 0.341 e. The van der Waals surface area contributed by atoms with Gasteiger partial charge in [-0.05, 0) is 26.0 Å². The molecule has 1 aromatic rings. The molecule has 0 spiro atoms. The van der Waals surface area contributed by atoms with Gasteiger partial charge in [0.15, 0.2) is 11.5 Å². The molecular weight excluding hydrogens is 232 g/mol. The summed E-state index contributed by atoms with van der Waals surface area (Å²) in [6.07, 6.45) is -0.162. The lowest BCUT2D eigenvalue weighted by molar-refractivity contribution is 0.0689. The van der Waals surface area contributed by atoms with Gasteiger partial charge in [0, 0.05) is 0 Å². The largest absolute Gasteiger partial charge is 0.493 e. The Hall–Kier alpha value is -1.42. The van der Waals surface area contributed by atoms with Gasteiger partial charge < -0.3 is 14.6 Å². The first-order valence-corrected chi connectivity index (χ1v) is 5.11. The second kappa shape index (κ2) is 5.07. The van der Waals surface area contributed by atoms with Crippen LogP contribution in [0.2, 0.25) is 5.02 Å². The molecule has 0 aliphatic rings. The standard InChI is InChI=1S/C11H13ClO4/c1-6(2)16-10-8(15-3)5-4-7(12)9(10)11(13)14/h4-6H,1-3H3,(H,13,14). The summed E-state index contributed by atoms with van der Waals surface area (Å²) < 4.78 is 10.5. The lowest BCUT2D eigenvalue weighted by Crippen LogP contribution is -2.11. The highest BCUT2D eigenvalue weighted by atomic mass is 35.5. The Bertz CT molecular complexity index is 401. The molecule has 16 heavy (non-hydrogen) atoms. The Labute approximate surface area is 98.7 Å². The lowest BCUT2D eigenvalue weighted by Gasteiger charge is -2.16. The summed E-state index contributed by atoms with van der Waals surface area (Å²) >= 11 is 5.82. The number of methoxy groups -OCH3 is 1. The predicted molar refractivity (Wildman–Crippen MR) is 60.7 cm³/mol. The molecule has 0 aromatic heterocycles. The Kier molecular flexibility index (Phi) is 4.01. The highest BCUT2D eigenvalue weighted by molar-refractivity contribution is 6.34. The Morgan fingerprint density at radius 1 is 1.44 bits per heavy atom. The third kappa shape index (κ3) is 2.58. The van der Waals surface area contributed by atoms with Crippen LogP contribution in [0.1, 0.15) is 24.2 Å². The first-order chi connectivity index (χ1) is 7.47. The third-order valence-corrected chi connectivity index (χ3v) is 2.17. The number of hydrogen-bond acceptors (Lipinski definition) is 3. The predicted octanol–water partition coefficient (Wildman–Crippen LogP) is 2.83. The summed E-state index contributed by atoms with van der Waals surface area (Å²) in [5, 5.41) is 9.19. The molecule has 1 aromatic carbocycles. The summed E-state index contributed by atoms with van der Waals surface area (Å²) in [5.74, 6) is -0.618. The van der Waals surface area contributed by atoms with E-state index in [1.807, 2.05) is 0 Å².